The lowest BCUT2D eigenvalue weighted by atomic mass is 9.88. The summed E-state index contributed by atoms with van der Waals surface area (Å²) in [6.45, 7) is 0. The molecule has 1 aliphatic rings. The highest BCUT2D eigenvalue weighted by atomic mass is 15.1. The maximum Gasteiger partial charge on any atom is 0.160 e. The van der Waals surface area contributed by atoms with Crippen LogP contribution in [0.2, 0.25) is 0 Å². The minimum absolute atomic E-state index is 0.271. The molecule has 2 heterocycles. The van der Waals surface area contributed by atoms with Crippen LogP contribution in [0, 0.1) is 0 Å². The van der Waals surface area contributed by atoms with E-state index < -0.39 is 0 Å². The Kier molecular flexibility index (Phi) is 10.0. The van der Waals surface area contributed by atoms with Crippen LogP contribution in [-0.4, -0.2) is 15.7 Å². The number of nitrogens with one attached hydrogen (secondary N) is 1. The third-order valence-corrected chi connectivity index (χ3v) is 11.0. The number of aromatic nitrogens is 2. The number of allylic oxidation sites excluding steroid dienone is 1. The fourth-order valence-electron chi connectivity index (χ4n) is 7.97. The molecule has 10 rings (SSSR count). The summed E-state index contributed by atoms with van der Waals surface area (Å²) >= 11 is 0. The Bertz CT molecular complexity index is 2940. The van der Waals surface area contributed by atoms with Crippen molar-refractivity contribution in [3.8, 4) is 67.3 Å². The number of rotatable bonds is 9. The van der Waals surface area contributed by atoms with E-state index in [0.717, 1.165) is 89.6 Å². The maximum atomic E-state index is 5.26. The molecule has 0 bridgehead atoms. The molecule has 8 aromatic carbocycles. The van der Waals surface area contributed by atoms with Gasteiger partial charge in [0.15, 0.2) is 5.82 Å². The fraction of sp³-hybridized carbons (Fsp3) is 0.0179. The summed E-state index contributed by atoms with van der Waals surface area (Å²) in [4.78, 5) is 15.5. The zero-order valence-corrected chi connectivity index (χ0v) is 32.9. The molecular formula is C56H40N4. The Hall–Kier alpha value is -7.95. The van der Waals surface area contributed by atoms with Crippen LogP contribution in [-0.2, 0) is 0 Å². The average Bonchev–Trinajstić information content (AvgIpc) is 3.35. The second-order valence-corrected chi connectivity index (χ2v) is 14.8. The van der Waals surface area contributed by atoms with Crippen LogP contribution in [0.25, 0.3) is 73.0 Å². The van der Waals surface area contributed by atoms with E-state index in [2.05, 4.69) is 187 Å². The molecule has 1 N–H and O–H groups in total. The molecule has 0 aliphatic carbocycles. The third kappa shape index (κ3) is 7.58. The molecular weight excluding hydrogens is 729 g/mol. The first kappa shape index (κ1) is 36.4. The summed E-state index contributed by atoms with van der Waals surface area (Å²) in [5, 5.41) is 3.75. The highest BCUT2D eigenvalue weighted by molar-refractivity contribution is 6.13. The van der Waals surface area contributed by atoms with E-state index in [0.29, 0.717) is 5.82 Å². The van der Waals surface area contributed by atoms with Gasteiger partial charge < -0.3 is 5.32 Å². The van der Waals surface area contributed by atoms with Crippen molar-refractivity contribution >= 4 is 11.4 Å². The molecule has 0 fully saturated rings. The molecule has 0 saturated carbocycles. The minimum atomic E-state index is -0.271. The Balaban J connectivity index is 1.03. The monoisotopic (exact) mass is 768 g/mol. The third-order valence-electron chi connectivity index (χ3n) is 11.0. The van der Waals surface area contributed by atoms with Crippen LogP contribution in [0.15, 0.2) is 236 Å². The van der Waals surface area contributed by atoms with Crippen molar-refractivity contribution in [2.75, 3.05) is 0 Å². The Labute approximate surface area is 351 Å². The number of hydrogen-bond acceptors (Lipinski definition) is 4. The lowest BCUT2D eigenvalue weighted by Gasteiger charge is -2.25. The number of nitrogens with zero attached hydrogens (tertiary/aromatic N) is 3. The molecule has 0 amide bonds. The zero-order valence-electron chi connectivity index (χ0n) is 32.9. The zero-order chi connectivity index (χ0) is 40.1. The lowest BCUT2D eigenvalue weighted by molar-refractivity contribution is 0.664. The highest BCUT2D eigenvalue weighted by Gasteiger charge is 2.21. The van der Waals surface area contributed by atoms with Crippen molar-refractivity contribution in [2.24, 2.45) is 4.99 Å². The summed E-state index contributed by atoms with van der Waals surface area (Å²) in [6.07, 6.45) is 1.88. The molecule has 1 aliphatic heterocycles. The predicted octanol–water partition coefficient (Wildman–Crippen LogP) is 13.6. The number of hydrogen-bond donors (Lipinski definition) is 1. The van der Waals surface area contributed by atoms with Gasteiger partial charge in [-0.25, -0.2) is 9.97 Å². The lowest BCUT2D eigenvalue weighted by Crippen LogP contribution is -2.24. The first-order chi connectivity index (χ1) is 29.7. The van der Waals surface area contributed by atoms with E-state index in [1.807, 2.05) is 48.5 Å². The quantitative estimate of drug-likeness (QED) is 0.159. The average molecular weight is 769 g/mol. The van der Waals surface area contributed by atoms with Crippen molar-refractivity contribution in [1.29, 1.82) is 0 Å². The largest absolute Gasteiger partial charge is 0.360 e. The van der Waals surface area contributed by atoms with Gasteiger partial charge in [-0.05, 0) is 74.3 Å². The Morgan fingerprint density at radius 2 is 0.767 bits per heavy atom. The molecule has 1 atom stereocenters. The Morgan fingerprint density at radius 1 is 0.333 bits per heavy atom. The van der Waals surface area contributed by atoms with E-state index in [1.54, 1.807) is 0 Å². The van der Waals surface area contributed by atoms with Gasteiger partial charge in [-0.1, -0.05) is 206 Å². The fourth-order valence-corrected chi connectivity index (χ4v) is 7.97. The van der Waals surface area contributed by atoms with Gasteiger partial charge in [0.2, 0.25) is 0 Å². The topological polar surface area (TPSA) is 50.2 Å². The molecule has 4 heteroatoms. The molecule has 0 saturated heterocycles. The van der Waals surface area contributed by atoms with Crippen LogP contribution in [0.5, 0.6) is 0 Å². The standard InChI is InChI=1S/C56H40N4/c1-5-19-39(20-6-1)51-37-52(40-21-7-2-8-22-40)58-55(57-51)45-29-17-27-43(35-45)47-31-13-15-33-49(47)50-34-16-14-32-48(50)44-28-18-30-46(36-44)56-59-53(41-23-9-3-10-24-41)38-54(60-56)42-25-11-4-12-26-42/h1-38,55,57H. The smallest absolute Gasteiger partial charge is 0.160 e. The molecule has 284 valence electrons. The second-order valence-electron chi connectivity index (χ2n) is 14.8. The van der Waals surface area contributed by atoms with Crippen LogP contribution < -0.4 is 5.32 Å². The van der Waals surface area contributed by atoms with Crippen molar-refractivity contribution in [2.45, 2.75) is 6.17 Å². The molecule has 4 nitrogen and oxygen atoms in total. The second kappa shape index (κ2) is 16.5. The highest BCUT2D eigenvalue weighted by Crippen LogP contribution is 2.40. The van der Waals surface area contributed by atoms with E-state index in [9.17, 15) is 0 Å². The van der Waals surface area contributed by atoms with Crippen molar-refractivity contribution in [1.82, 2.24) is 15.3 Å². The van der Waals surface area contributed by atoms with Gasteiger partial charge in [0.1, 0.15) is 6.17 Å². The van der Waals surface area contributed by atoms with Gasteiger partial charge in [0, 0.05) is 22.4 Å². The summed E-state index contributed by atoms with van der Waals surface area (Å²) in [5.41, 5.74) is 16.9. The molecule has 1 aromatic heterocycles. The normalized spacial score (nSPS) is 13.5. The van der Waals surface area contributed by atoms with Gasteiger partial charge in [0.05, 0.1) is 17.1 Å². The maximum absolute atomic E-state index is 5.26. The van der Waals surface area contributed by atoms with E-state index in [-0.39, 0.29) is 6.17 Å². The van der Waals surface area contributed by atoms with Gasteiger partial charge in [-0.3, -0.25) is 4.99 Å². The Morgan fingerprint density at radius 3 is 1.33 bits per heavy atom. The minimum Gasteiger partial charge on any atom is -0.360 e. The van der Waals surface area contributed by atoms with Gasteiger partial charge in [-0.15, -0.1) is 0 Å². The van der Waals surface area contributed by atoms with Crippen molar-refractivity contribution in [3.63, 3.8) is 0 Å². The van der Waals surface area contributed by atoms with E-state index in [4.69, 9.17) is 15.0 Å². The number of benzene rings is 8. The van der Waals surface area contributed by atoms with Crippen molar-refractivity contribution < 1.29 is 0 Å². The molecule has 0 spiro atoms. The van der Waals surface area contributed by atoms with E-state index >= 15 is 0 Å². The molecule has 1 unspecified atom stereocenters. The first-order valence-corrected chi connectivity index (χ1v) is 20.3. The summed E-state index contributed by atoms with van der Waals surface area (Å²) < 4.78 is 0. The molecule has 60 heavy (non-hydrogen) atoms. The van der Waals surface area contributed by atoms with Crippen LogP contribution in [0.4, 0.5) is 0 Å². The molecule has 9 aromatic rings. The van der Waals surface area contributed by atoms with Crippen molar-refractivity contribution in [3.05, 3.63) is 247 Å². The van der Waals surface area contributed by atoms with Crippen LogP contribution in [0.3, 0.4) is 0 Å². The number of aliphatic imine (C=N–C) groups is 1. The van der Waals surface area contributed by atoms with Crippen LogP contribution in [0.1, 0.15) is 22.9 Å². The summed E-state index contributed by atoms with van der Waals surface area (Å²) in [5.74, 6) is 0.687. The van der Waals surface area contributed by atoms with Gasteiger partial charge in [0.25, 0.3) is 0 Å². The molecule has 0 radical (unpaired) electrons. The summed E-state index contributed by atoms with van der Waals surface area (Å²) in [6, 6.07) is 78.4. The van der Waals surface area contributed by atoms with Gasteiger partial charge >= 0.3 is 0 Å². The van der Waals surface area contributed by atoms with Crippen LogP contribution >= 0.6 is 0 Å². The van der Waals surface area contributed by atoms with Gasteiger partial charge in [-0.2, -0.15) is 0 Å². The predicted molar refractivity (Wildman–Crippen MR) is 248 cm³/mol. The first-order valence-electron chi connectivity index (χ1n) is 20.3. The van der Waals surface area contributed by atoms with E-state index in [1.165, 1.54) is 0 Å². The SMILES string of the molecule is C1=C(c2ccccc2)NC(c2cccc(-c3ccccc3-c3ccccc3-c3cccc(-c4nc(-c5ccccc5)cc(-c5ccccc5)n4)c3)c2)N=C1c1ccccc1. The summed E-state index contributed by atoms with van der Waals surface area (Å²) in [7, 11) is 0.